The van der Waals surface area contributed by atoms with E-state index in [-0.39, 0.29) is 59.3 Å². The van der Waals surface area contributed by atoms with Crippen LogP contribution in [0.5, 0.6) is 0 Å². The van der Waals surface area contributed by atoms with Crippen LogP contribution >= 0.6 is 22.8 Å². The SMILES string of the molecule is CCCCCCCOP(=O)([O-])CCCCCCC.CCCCCCCOP(=O)([O-])CCCCCCC.CCCCCCCOP(=O)([O-])CCCCCCC.[Nd+3]. The Balaban J connectivity index is -0.000000351. The van der Waals surface area contributed by atoms with Crippen LogP contribution in [0.3, 0.4) is 0 Å². The molecule has 0 saturated carbocycles. The topological polar surface area (TPSA) is 148 Å². The molecule has 0 heterocycles. The monoisotopic (exact) mass is 973 g/mol. The summed E-state index contributed by atoms with van der Waals surface area (Å²) in [6.45, 7) is 14.1. The summed E-state index contributed by atoms with van der Waals surface area (Å²) in [4.78, 5) is 34.7. The molecule has 3 atom stereocenters. The van der Waals surface area contributed by atoms with Crippen LogP contribution in [0, 0.1) is 40.8 Å². The van der Waals surface area contributed by atoms with Gasteiger partial charge in [0.15, 0.2) is 0 Å². The summed E-state index contributed by atoms with van der Waals surface area (Å²) < 4.78 is 49.7. The predicted octanol–water partition coefficient (Wildman–Crippen LogP) is 13.5. The molecule has 0 aromatic heterocycles. The van der Waals surface area contributed by atoms with E-state index in [2.05, 4.69) is 41.5 Å². The van der Waals surface area contributed by atoms with Crippen molar-refractivity contribution in [1.82, 2.24) is 0 Å². The molecule has 0 aromatic rings. The number of hydrogen-bond acceptors (Lipinski definition) is 9. The van der Waals surface area contributed by atoms with Crippen LogP contribution in [0.15, 0.2) is 0 Å². The maximum absolute atomic E-state index is 11.6. The molecular formula is C42H90NdO9P3. The molecule has 331 valence electrons. The average molecular weight is 976 g/mol. The molecule has 0 aliphatic heterocycles. The first-order valence-electron chi connectivity index (χ1n) is 22.7. The van der Waals surface area contributed by atoms with E-state index in [1.165, 1.54) is 96.3 Å². The van der Waals surface area contributed by atoms with E-state index >= 15 is 0 Å². The molecule has 0 aliphatic rings. The average Bonchev–Trinajstić information content (AvgIpc) is 3.13. The van der Waals surface area contributed by atoms with Gasteiger partial charge in [0.05, 0.1) is 19.8 Å². The summed E-state index contributed by atoms with van der Waals surface area (Å²) in [5.41, 5.74) is 0. The number of hydrogen-bond donors (Lipinski definition) is 0. The van der Waals surface area contributed by atoms with Crippen molar-refractivity contribution in [3.8, 4) is 0 Å². The van der Waals surface area contributed by atoms with E-state index in [9.17, 15) is 28.4 Å². The van der Waals surface area contributed by atoms with Crippen LogP contribution in [-0.2, 0) is 27.3 Å². The Morgan fingerprint density at radius 3 is 0.636 bits per heavy atom. The smallest absolute Gasteiger partial charge is 0.778 e. The molecule has 0 bridgehead atoms. The fourth-order valence-electron chi connectivity index (χ4n) is 5.65. The third kappa shape index (κ3) is 57.9. The van der Waals surface area contributed by atoms with Crippen LogP contribution in [0.4, 0.5) is 0 Å². The number of unbranched alkanes of at least 4 members (excludes halogenated alkanes) is 24. The standard InChI is InChI=1S/3C14H31O3P.Nd/c3*1-3-5-7-9-11-13-17-18(15,16)14-12-10-8-6-4-2;/h3*3-14H2,1-2H3,(H,15,16);/q;;;+3/p-3. The van der Waals surface area contributed by atoms with Gasteiger partial charge in [0.25, 0.3) is 0 Å². The molecule has 0 aliphatic carbocycles. The molecule has 0 N–H and O–H groups in total. The van der Waals surface area contributed by atoms with Gasteiger partial charge in [-0.15, -0.1) is 0 Å². The van der Waals surface area contributed by atoms with Crippen molar-refractivity contribution in [2.75, 3.05) is 38.3 Å². The predicted molar refractivity (Wildman–Crippen MR) is 228 cm³/mol. The summed E-state index contributed by atoms with van der Waals surface area (Å²) >= 11 is 0. The molecule has 0 saturated heterocycles. The maximum Gasteiger partial charge on any atom is 3.00 e. The van der Waals surface area contributed by atoms with E-state index in [0.29, 0.717) is 19.8 Å². The van der Waals surface area contributed by atoms with Crippen molar-refractivity contribution < 1.29 is 82.8 Å². The Morgan fingerprint density at radius 1 is 0.291 bits per heavy atom. The van der Waals surface area contributed by atoms with Gasteiger partial charge in [-0.3, -0.25) is 0 Å². The van der Waals surface area contributed by atoms with Gasteiger partial charge >= 0.3 is 40.8 Å². The van der Waals surface area contributed by atoms with E-state index < -0.39 is 22.8 Å². The summed E-state index contributed by atoms with van der Waals surface area (Å²) in [7, 11) is -10.6. The van der Waals surface area contributed by atoms with Crippen molar-refractivity contribution in [3.05, 3.63) is 0 Å². The van der Waals surface area contributed by atoms with E-state index in [0.717, 1.165) is 96.3 Å². The van der Waals surface area contributed by atoms with E-state index in [1.807, 2.05) is 0 Å². The Labute approximate surface area is 375 Å². The van der Waals surface area contributed by atoms with E-state index in [1.54, 1.807) is 0 Å². The van der Waals surface area contributed by atoms with Crippen molar-refractivity contribution in [2.24, 2.45) is 0 Å². The molecule has 0 fully saturated rings. The molecule has 0 aromatic carbocycles. The minimum atomic E-state index is -3.55. The molecule has 0 spiro atoms. The first-order valence-corrected chi connectivity index (χ1v) is 27.9. The van der Waals surface area contributed by atoms with Gasteiger partial charge in [0.2, 0.25) is 0 Å². The zero-order chi connectivity index (χ0) is 41.1. The first kappa shape index (κ1) is 63.4. The van der Waals surface area contributed by atoms with Crippen LogP contribution < -0.4 is 14.7 Å². The Morgan fingerprint density at radius 2 is 0.455 bits per heavy atom. The van der Waals surface area contributed by atoms with Crippen LogP contribution in [0.2, 0.25) is 0 Å². The Hall–Kier alpha value is 1.80. The van der Waals surface area contributed by atoms with Crippen LogP contribution in [0.1, 0.15) is 234 Å². The largest absolute Gasteiger partial charge is 3.00 e. The summed E-state index contributed by atoms with van der Waals surface area (Å²) in [5, 5.41) is 0. The van der Waals surface area contributed by atoms with Gasteiger partial charge in [-0.05, 0) is 38.5 Å². The normalized spacial score (nSPS) is 14.3. The van der Waals surface area contributed by atoms with E-state index in [4.69, 9.17) is 13.6 Å². The van der Waals surface area contributed by atoms with Crippen molar-refractivity contribution >= 4 is 22.8 Å². The van der Waals surface area contributed by atoms with Crippen LogP contribution in [-0.4, -0.2) is 38.3 Å². The fraction of sp³-hybridized carbons (Fsp3) is 1.00. The number of rotatable bonds is 39. The zero-order valence-electron chi connectivity index (χ0n) is 37.0. The molecule has 0 amide bonds. The molecule has 3 unspecified atom stereocenters. The molecule has 9 nitrogen and oxygen atoms in total. The second-order valence-corrected chi connectivity index (χ2v) is 20.8. The third-order valence-corrected chi connectivity index (χ3v) is 13.5. The second-order valence-electron chi connectivity index (χ2n) is 15.0. The zero-order valence-corrected chi connectivity index (χ0v) is 42.9. The summed E-state index contributed by atoms with van der Waals surface area (Å²) in [6, 6.07) is 0. The minimum Gasteiger partial charge on any atom is -0.778 e. The van der Waals surface area contributed by atoms with Crippen molar-refractivity contribution in [1.29, 1.82) is 0 Å². The van der Waals surface area contributed by atoms with Gasteiger partial charge in [-0.1, -0.05) is 196 Å². The minimum absolute atomic E-state index is 0. The van der Waals surface area contributed by atoms with Crippen LogP contribution in [0.25, 0.3) is 0 Å². The quantitative estimate of drug-likeness (QED) is 0.0433. The maximum atomic E-state index is 11.6. The summed E-state index contributed by atoms with van der Waals surface area (Å²) in [5.74, 6) is 0. The first-order chi connectivity index (χ1) is 25.9. The van der Waals surface area contributed by atoms with Gasteiger partial charge in [0.1, 0.15) is 22.8 Å². The third-order valence-electron chi connectivity index (χ3n) is 9.21. The Kier molecular flexibility index (Phi) is 55.9. The van der Waals surface area contributed by atoms with Gasteiger partial charge in [-0.25, -0.2) is 0 Å². The molecule has 55 heavy (non-hydrogen) atoms. The van der Waals surface area contributed by atoms with Crippen molar-refractivity contribution in [3.63, 3.8) is 0 Å². The fourth-order valence-corrected chi connectivity index (χ4v) is 9.09. The molecule has 0 rings (SSSR count). The molecular weight excluding hydrogens is 886 g/mol. The van der Waals surface area contributed by atoms with Crippen molar-refractivity contribution in [2.45, 2.75) is 234 Å². The molecule has 13 heteroatoms. The van der Waals surface area contributed by atoms with Gasteiger partial charge in [0, 0.05) is 18.5 Å². The van der Waals surface area contributed by atoms with Gasteiger partial charge in [-0.2, -0.15) is 0 Å². The van der Waals surface area contributed by atoms with Gasteiger partial charge < -0.3 is 41.9 Å². The molecule has 1 radical (unpaired) electrons. The second kappa shape index (κ2) is 48.5. The Bertz CT molecular complexity index is 774. The summed E-state index contributed by atoms with van der Waals surface area (Å²) in [6.07, 6.45) is 33.1.